The molecule has 0 aliphatic carbocycles. The number of nitrogens with one attached hydrogen (secondary N) is 1. The van der Waals surface area contributed by atoms with Crippen molar-refractivity contribution in [3.8, 4) is 5.75 Å². The van der Waals surface area contributed by atoms with Crippen LogP contribution in [0.2, 0.25) is 0 Å². The summed E-state index contributed by atoms with van der Waals surface area (Å²) in [6.45, 7) is 0. The molecule has 1 N–H and O–H groups in total. The molecule has 0 aromatic heterocycles. The number of hydrogen-bond acceptors (Lipinski definition) is 3. The van der Waals surface area contributed by atoms with Crippen molar-refractivity contribution in [3.63, 3.8) is 0 Å². The third-order valence-electron chi connectivity index (χ3n) is 2.54. The molecule has 0 bridgehead atoms. The molecule has 0 unspecified atom stereocenters. The topological polar surface area (TPSA) is 55.4 Å². The van der Waals surface area contributed by atoms with Crippen molar-refractivity contribution >= 4 is 47.6 Å². The standard InChI is InChI=1S/C13H11Br2NO3S/c1-19-9-6-7-10(14)12(8-9)16-20(17,18)13-5-3-2-4-11(13)15/h2-8,16H,1H3. The Hall–Kier alpha value is -1.05. The van der Waals surface area contributed by atoms with Crippen LogP contribution in [0.5, 0.6) is 5.75 Å². The fraction of sp³-hybridized carbons (Fsp3) is 0.0769. The van der Waals surface area contributed by atoms with Crippen molar-refractivity contribution in [2.45, 2.75) is 4.90 Å². The number of ether oxygens (including phenoxy) is 1. The van der Waals surface area contributed by atoms with Crippen LogP contribution in [0.4, 0.5) is 5.69 Å². The fourth-order valence-corrected chi connectivity index (χ4v) is 4.12. The molecule has 0 atom stereocenters. The zero-order valence-electron chi connectivity index (χ0n) is 10.4. The molecule has 0 spiro atoms. The lowest BCUT2D eigenvalue weighted by atomic mass is 10.3. The van der Waals surface area contributed by atoms with Gasteiger partial charge in [-0.05, 0) is 56.1 Å². The maximum absolute atomic E-state index is 12.4. The summed E-state index contributed by atoms with van der Waals surface area (Å²) in [4.78, 5) is 0.176. The first-order valence-electron chi connectivity index (χ1n) is 5.55. The first-order chi connectivity index (χ1) is 9.44. The molecule has 0 saturated heterocycles. The van der Waals surface area contributed by atoms with Gasteiger partial charge < -0.3 is 4.74 Å². The number of hydrogen-bond donors (Lipinski definition) is 1. The Morgan fingerprint density at radius 2 is 1.75 bits per heavy atom. The Bertz CT molecular complexity index is 732. The first-order valence-corrected chi connectivity index (χ1v) is 8.62. The lowest BCUT2D eigenvalue weighted by Crippen LogP contribution is -2.14. The Morgan fingerprint density at radius 1 is 1.05 bits per heavy atom. The monoisotopic (exact) mass is 419 g/mol. The van der Waals surface area contributed by atoms with Crippen molar-refractivity contribution < 1.29 is 13.2 Å². The molecule has 2 rings (SSSR count). The van der Waals surface area contributed by atoms with Gasteiger partial charge in [0.1, 0.15) is 10.6 Å². The number of benzene rings is 2. The van der Waals surface area contributed by atoms with Crippen LogP contribution < -0.4 is 9.46 Å². The summed E-state index contributed by atoms with van der Waals surface area (Å²) in [6, 6.07) is 11.7. The van der Waals surface area contributed by atoms with Crippen LogP contribution in [0.15, 0.2) is 56.3 Å². The normalized spacial score (nSPS) is 11.2. The van der Waals surface area contributed by atoms with Crippen molar-refractivity contribution in [2.75, 3.05) is 11.8 Å². The summed E-state index contributed by atoms with van der Waals surface area (Å²) in [6.07, 6.45) is 0. The third-order valence-corrected chi connectivity index (χ3v) is 5.61. The van der Waals surface area contributed by atoms with E-state index in [-0.39, 0.29) is 4.90 Å². The quantitative estimate of drug-likeness (QED) is 0.812. The molecule has 0 amide bonds. The molecule has 4 nitrogen and oxygen atoms in total. The number of sulfonamides is 1. The summed E-state index contributed by atoms with van der Waals surface area (Å²) in [5.41, 5.74) is 0.417. The highest BCUT2D eigenvalue weighted by Crippen LogP contribution is 2.30. The smallest absolute Gasteiger partial charge is 0.263 e. The van der Waals surface area contributed by atoms with E-state index in [1.54, 1.807) is 36.4 Å². The maximum Gasteiger partial charge on any atom is 0.263 e. The molecule has 0 fully saturated rings. The van der Waals surface area contributed by atoms with Gasteiger partial charge in [-0.3, -0.25) is 4.72 Å². The van der Waals surface area contributed by atoms with Crippen LogP contribution in [-0.2, 0) is 10.0 Å². The lowest BCUT2D eigenvalue weighted by molar-refractivity contribution is 0.415. The highest BCUT2D eigenvalue weighted by molar-refractivity contribution is 9.11. The molecule has 2 aromatic rings. The minimum atomic E-state index is -3.67. The average molecular weight is 421 g/mol. The fourth-order valence-electron chi connectivity index (χ4n) is 1.57. The SMILES string of the molecule is COc1ccc(Br)c(NS(=O)(=O)c2ccccc2Br)c1. The summed E-state index contributed by atoms with van der Waals surface area (Å²) in [5, 5.41) is 0. The molecule has 2 aromatic carbocycles. The molecular weight excluding hydrogens is 410 g/mol. The second-order valence-corrected chi connectivity index (χ2v) is 7.24. The van der Waals surface area contributed by atoms with E-state index in [9.17, 15) is 8.42 Å². The minimum Gasteiger partial charge on any atom is -0.497 e. The molecule has 0 saturated carbocycles. The predicted octanol–water partition coefficient (Wildman–Crippen LogP) is 4.02. The van der Waals surface area contributed by atoms with Gasteiger partial charge in [0.25, 0.3) is 10.0 Å². The molecule has 20 heavy (non-hydrogen) atoms. The average Bonchev–Trinajstić information content (AvgIpc) is 2.41. The zero-order valence-corrected chi connectivity index (χ0v) is 14.4. The zero-order chi connectivity index (χ0) is 14.8. The van der Waals surface area contributed by atoms with Gasteiger partial charge >= 0.3 is 0 Å². The van der Waals surface area contributed by atoms with E-state index < -0.39 is 10.0 Å². The van der Waals surface area contributed by atoms with Gasteiger partial charge in [-0.25, -0.2) is 8.42 Å². The Kier molecular flexibility index (Phi) is 4.72. The van der Waals surface area contributed by atoms with Gasteiger partial charge in [0, 0.05) is 15.0 Å². The van der Waals surface area contributed by atoms with Gasteiger partial charge in [0.2, 0.25) is 0 Å². The second-order valence-electron chi connectivity index (χ2n) is 3.88. The molecule has 0 aliphatic rings. The number of anilines is 1. The van der Waals surface area contributed by atoms with Crippen molar-refractivity contribution in [2.24, 2.45) is 0 Å². The molecule has 0 aliphatic heterocycles. The van der Waals surface area contributed by atoms with Gasteiger partial charge in [-0.15, -0.1) is 0 Å². The van der Waals surface area contributed by atoms with E-state index in [0.717, 1.165) is 0 Å². The Morgan fingerprint density at radius 3 is 2.40 bits per heavy atom. The van der Waals surface area contributed by atoms with Gasteiger partial charge in [0.05, 0.1) is 12.8 Å². The van der Waals surface area contributed by atoms with Crippen molar-refractivity contribution in [3.05, 3.63) is 51.4 Å². The number of rotatable bonds is 4. The van der Waals surface area contributed by atoms with E-state index in [1.807, 2.05) is 0 Å². The number of methoxy groups -OCH3 is 1. The van der Waals surface area contributed by atoms with Crippen molar-refractivity contribution in [1.82, 2.24) is 0 Å². The van der Waals surface area contributed by atoms with Crippen LogP contribution in [0.3, 0.4) is 0 Å². The second kappa shape index (κ2) is 6.15. The molecule has 0 radical (unpaired) electrons. The molecule has 0 heterocycles. The van der Waals surface area contributed by atoms with Crippen molar-refractivity contribution in [1.29, 1.82) is 0 Å². The van der Waals surface area contributed by atoms with E-state index >= 15 is 0 Å². The first kappa shape index (κ1) is 15.3. The van der Waals surface area contributed by atoms with Crippen LogP contribution in [0, 0.1) is 0 Å². The highest BCUT2D eigenvalue weighted by atomic mass is 79.9. The van der Waals surface area contributed by atoms with Crippen LogP contribution >= 0.6 is 31.9 Å². The molecular formula is C13H11Br2NO3S. The summed E-state index contributed by atoms with van der Waals surface area (Å²) in [7, 11) is -2.15. The highest BCUT2D eigenvalue weighted by Gasteiger charge is 2.18. The minimum absolute atomic E-state index is 0.176. The molecule has 106 valence electrons. The lowest BCUT2D eigenvalue weighted by Gasteiger charge is -2.12. The maximum atomic E-state index is 12.4. The molecule has 7 heteroatoms. The van der Waals surface area contributed by atoms with E-state index in [1.165, 1.54) is 13.2 Å². The predicted molar refractivity (Wildman–Crippen MR) is 85.6 cm³/mol. The number of halogens is 2. The van der Waals surface area contributed by atoms with Gasteiger partial charge in [-0.2, -0.15) is 0 Å². The Balaban J connectivity index is 2.41. The Labute approximate surface area is 134 Å². The summed E-state index contributed by atoms with van der Waals surface area (Å²) < 4.78 is 33.5. The van der Waals surface area contributed by atoms with Crippen LogP contribution in [0.25, 0.3) is 0 Å². The van der Waals surface area contributed by atoms with Gasteiger partial charge in [0.15, 0.2) is 0 Å². The van der Waals surface area contributed by atoms with E-state index in [2.05, 4.69) is 36.6 Å². The van der Waals surface area contributed by atoms with E-state index in [0.29, 0.717) is 20.4 Å². The summed E-state index contributed by atoms with van der Waals surface area (Å²) >= 11 is 6.55. The largest absolute Gasteiger partial charge is 0.497 e. The van der Waals surface area contributed by atoms with E-state index in [4.69, 9.17) is 4.74 Å². The van der Waals surface area contributed by atoms with Gasteiger partial charge in [-0.1, -0.05) is 12.1 Å². The third kappa shape index (κ3) is 3.34. The van der Waals surface area contributed by atoms with Crippen LogP contribution in [0.1, 0.15) is 0 Å². The van der Waals surface area contributed by atoms with Crippen LogP contribution in [-0.4, -0.2) is 15.5 Å². The summed E-state index contributed by atoms with van der Waals surface area (Å²) in [5.74, 6) is 0.568.